The van der Waals surface area contributed by atoms with E-state index in [4.69, 9.17) is 4.42 Å². The van der Waals surface area contributed by atoms with Crippen LogP contribution < -0.4 is 0 Å². The van der Waals surface area contributed by atoms with Crippen molar-refractivity contribution < 1.29 is 14.3 Å². The third-order valence-electron chi connectivity index (χ3n) is 3.35. The van der Waals surface area contributed by atoms with Gasteiger partial charge >= 0.3 is 0 Å². The van der Waals surface area contributed by atoms with Crippen LogP contribution in [0.5, 0.6) is 5.75 Å². The number of carbonyl (C=O) groups is 1. The van der Waals surface area contributed by atoms with E-state index in [1.165, 1.54) is 0 Å². The number of allylic oxidation sites excluding steroid dienone is 5. The van der Waals surface area contributed by atoms with Gasteiger partial charge in [0.2, 0.25) is 0 Å². The minimum atomic E-state index is 0.0322. The SMILES string of the molecule is CC=CC=Cc1cc2c(C=O)c(O)c(CC=C(C)C)cc2o1. The van der Waals surface area contributed by atoms with Crippen molar-refractivity contribution in [3.8, 4) is 5.75 Å². The summed E-state index contributed by atoms with van der Waals surface area (Å²) in [7, 11) is 0. The number of fused-ring (bicyclic) bond motifs is 1. The molecule has 0 saturated heterocycles. The van der Waals surface area contributed by atoms with Gasteiger partial charge in [-0.25, -0.2) is 0 Å². The van der Waals surface area contributed by atoms with E-state index in [2.05, 4.69) is 0 Å². The molecule has 1 heterocycles. The van der Waals surface area contributed by atoms with E-state index in [0.29, 0.717) is 35.0 Å². The molecule has 2 rings (SSSR count). The Balaban J connectivity index is 2.55. The van der Waals surface area contributed by atoms with Crippen LogP contribution in [0, 0.1) is 0 Å². The van der Waals surface area contributed by atoms with Crippen LogP contribution in [0.2, 0.25) is 0 Å². The third-order valence-corrected chi connectivity index (χ3v) is 3.35. The Bertz CT molecular complexity index is 770. The van der Waals surface area contributed by atoms with Gasteiger partial charge in [-0.05, 0) is 45.4 Å². The molecule has 0 aliphatic rings. The smallest absolute Gasteiger partial charge is 0.154 e. The van der Waals surface area contributed by atoms with Crippen molar-refractivity contribution in [1.29, 1.82) is 0 Å². The summed E-state index contributed by atoms with van der Waals surface area (Å²) in [4.78, 5) is 11.4. The summed E-state index contributed by atoms with van der Waals surface area (Å²) < 4.78 is 5.75. The number of benzene rings is 1. The maximum atomic E-state index is 11.4. The van der Waals surface area contributed by atoms with E-state index >= 15 is 0 Å². The maximum absolute atomic E-state index is 11.4. The normalized spacial score (nSPS) is 11.6. The van der Waals surface area contributed by atoms with E-state index < -0.39 is 0 Å². The van der Waals surface area contributed by atoms with E-state index in [1.807, 2.05) is 51.2 Å². The minimum Gasteiger partial charge on any atom is -0.507 e. The van der Waals surface area contributed by atoms with Gasteiger partial charge in [0, 0.05) is 10.9 Å². The lowest BCUT2D eigenvalue weighted by Crippen LogP contribution is -1.90. The molecular formula is C19H20O3. The third kappa shape index (κ3) is 3.37. The molecule has 0 unspecified atom stereocenters. The highest BCUT2D eigenvalue weighted by molar-refractivity contribution is 6.00. The van der Waals surface area contributed by atoms with Crippen molar-refractivity contribution in [2.24, 2.45) is 0 Å². The topological polar surface area (TPSA) is 50.4 Å². The summed E-state index contributed by atoms with van der Waals surface area (Å²) in [6, 6.07) is 3.56. The average Bonchev–Trinajstić information content (AvgIpc) is 2.87. The quantitative estimate of drug-likeness (QED) is 0.477. The zero-order valence-corrected chi connectivity index (χ0v) is 13.1. The molecule has 0 amide bonds. The Labute approximate surface area is 130 Å². The van der Waals surface area contributed by atoms with Crippen LogP contribution in [-0.2, 0) is 6.42 Å². The van der Waals surface area contributed by atoms with Gasteiger partial charge in [-0.2, -0.15) is 0 Å². The number of hydrogen-bond acceptors (Lipinski definition) is 3. The lowest BCUT2D eigenvalue weighted by Gasteiger charge is -2.05. The Morgan fingerprint density at radius 1 is 1.27 bits per heavy atom. The first-order valence-electron chi connectivity index (χ1n) is 7.23. The van der Waals surface area contributed by atoms with Gasteiger partial charge < -0.3 is 9.52 Å². The van der Waals surface area contributed by atoms with Crippen LogP contribution in [0.4, 0.5) is 0 Å². The molecule has 1 aromatic carbocycles. The summed E-state index contributed by atoms with van der Waals surface area (Å²) in [5.74, 6) is 0.680. The molecule has 0 saturated carbocycles. The highest BCUT2D eigenvalue weighted by Gasteiger charge is 2.15. The molecule has 0 aliphatic heterocycles. The number of aromatic hydroxyl groups is 1. The van der Waals surface area contributed by atoms with E-state index in [0.717, 1.165) is 5.57 Å². The number of phenols is 1. The van der Waals surface area contributed by atoms with Gasteiger partial charge in [-0.3, -0.25) is 4.79 Å². The molecule has 0 bridgehead atoms. The van der Waals surface area contributed by atoms with Crippen molar-refractivity contribution >= 4 is 23.3 Å². The Hall–Kier alpha value is -2.55. The first-order chi connectivity index (χ1) is 10.6. The van der Waals surface area contributed by atoms with Crippen molar-refractivity contribution in [2.75, 3.05) is 0 Å². The second kappa shape index (κ2) is 6.94. The first kappa shape index (κ1) is 15.8. The van der Waals surface area contributed by atoms with E-state index in [9.17, 15) is 9.90 Å². The van der Waals surface area contributed by atoms with Crippen molar-refractivity contribution in [2.45, 2.75) is 27.2 Å². The second-order valence-electron chi connectivity index (χ2n) is 5.35. The molecule has 3 nitrogen and oxygen atoms in total. The molecule has 0 radical (unpaired) electrons. The first-order valence-corrected chi connectivity index (χ1v) is 7.23. The predicted octanol–water partition coefficient (Wildman–Crippen LogP) is 5.05. The molecule has 114 valence electrons. The van der Waals surface area contributed by atoms with Crippen molar-refractivity contribution in [3.63, 3.8) is 0 Å². The number of aldehydes is 1. The fourth-order valence-electron chi connectivity index (χ4n) is 2.20. The van der Waals surface area contributed by atoms with Crippen LogP contribution in [0.3, 0.4) is 0 Å². The summed E-state index contributed by atoms with van der Waals surface area (Å²) >= 11 is 0. The molecule has 22 heavy (non-hydrogen) atoms. The molecule has 0 atom stereocenters. The number of furan rings is 1. The standard InChI is InChI=1S/C19H20O3/c1-4-5-6-7-15-11-16-17(12-20)19(21)14(9-8-13(2)3)10-18(16)22-15/h4-8,10-12,21H,9H2,1-3H3. The molecule has 1 aromatic heterocycles. The Morgan fingerprint density at radius 2 is 2.05 bits per heavy atom. The minimum absolute atomic E-state index is 0.0322. The average molecular weight is 296 g/mol. The van der Waals surface area contributed by atoms with Crippen molar-refractivity contribution in [3.05, 3.63) is 58.9 Å². The lowest BCUT2D eigenvalue weighted by atomic mass is 10.0. The summed E-state index contributed by atoms with van der Waals surface area (Å²) in [5.41, 5.74) is 2.73. The number of carbonyl (C=O) groups excluding carboxylic acids is 1. The van der Waals surface area contributed by atoms with E-state index in [1.54, 1.807) is 12.1 Å². The number of phenolic OH excluding ortho intramolecular Hbond substituents is 1. The Kier molecular flexibility index (Phi) is 4.99. The summed E-state index contributed by atoms with van der Waals surface area (Å²) in [6.45, 7) is 5.92. The Morgan fingerprint density at radius 3 is 2.68 bits per heavy atom. The molecule has 1 N–H and O–H groups in total. The molecule has 3 heteroatoms. The predicted molar refractivity (Wildman–Crippen MR) is 90.2 cm³/mol. The fraction of sp³-hybridized carbons (Fsp3) is 0.211. The van der Waals surface area contributed by atoms with Crippen LogP contribution in [0.15, 0.2) is 46.4 Å². The highest BCUT2D eigenvalue weighted by Crippen LogP contribution is 2.33. The van der Waals surface area contributed by atoms with Crippen molar-refractivity contribution in [1.82, 2.24) is 0 Å². The van der Waals surface area contributed by atoms with Gasteiger partial charge in [-0.15, -0.1) is 0 Å². The number of rotatable bonds is 5. The van der Waals surface area contributed by atoms with Gasteiger partial charge in [-0.1, -0.05) is 29.9 Å². The zero-order chi connectivity index (χ0) is 16.1. The molecule has 0 aliphatic carbocycles. The van der Waals surface area contributed by atoms with Gasteiger partial charge in [0.25, 0.3) is 0 Å². The van der Waals surface area contributed by atoms with Crippen LogP contribution in [0.25, 0.3) is 17.0 Å². The van der Waals surface area contributed by atoms with Crippen LogP contribution in [0.1, 0.15) is 42.5 Å². The monoisotopic (exact) mass is 296 g/mol. The van der Waals surface area contributed by atoms with Gasteiger partial charge in [0.15, 0.2) is 6.29 Å². The van der Waals surface area contributed by atoms with Crippen LogP contribution >= 0.6 is 0 Å². The highest BCUT2D eigenvalue weighted by atomic mass is 16.3. The van der Waals surface area contributed by atoms with Gasteiger partial charge in [0.1, 0.15) is 17.1 Å². The maximum Gasteiger partial charge on any atom is 0.154 e. The zero-order valence-electron chi connectivity index (χ0n) is 13.1. The molecular weight excluding hydrogens is 276 g/mol. The van der Waals surface area contributed by atoms with Gasteiger partial charge in [0.05, 0.1) is 5.56 Å². The largest absolute Gasteiger partial charge is 0.507 e. The van der Waals surface area contributed by atoms with E-state index in [-0.39, 0.29) is 11.3 Å². The number of hydrogen-bond donors (Lipinski definition) is 1. The second-order valence-corrected chi connectivity index (χ2v) is 5.35. The van der Waals surface area contributed by atoms with Crippen LogP contribution in [-0.4, -0.2) is 11.4 Å². The summed E-state index contributed by atoms with van der Waals surface area (Å²) in [5, 5.41) is 10.9. The molecule has 2 aromatic rings. The molecule has 0 fully saturated rings. The fourth-order valence-corrected chi connectivity index (χ4v) is 2.20. The summed E-state index contributed by atoms with van der Waals surface area (Å²) in [6.07, 6.45) is 10.7. The molecule has 0 spiro atoms. The lowest BCUT2D eigenvalue weighted by molar-refractivity contribution is 0.112.